The van der Waals surface area contributed by atoms with Crippen LogP contribution in [0.2, 0.25) is 0 Å². The number of fused-ring (bicyclic) bond motifs is 1. The van der Waals surface area contributed by atoms with Crippen LogP contribution < -0.4 is 16.6 Å². The summed E-state index contributed by atoms with van der Waals surface area (Å²) in [4.78, 5) is 46.0. The van der Waals surface area contributed by atoms with Crippen molar-refractivity contribution in [1.82, 2.24) is 28.8 Å². The van der Waals surface area contributed by atoms with Gasteiger partial charge in [-0.15, -0.1) is 0 Å². The molecule has 164 valence electrons. The number of carbonyl (C=O) groups is 1. The van der Waals surface area contributed by atoms with Crippen LogP contribution in [0.15, 0.2) is 44.7 Å². The van der Waals surface area contributed by atoms with Gasteiger partial charge in [-0.1, -0.05) is 23.4 Å². The molecule has 1 fully saturated rings. The number of imidazole rings is 1. The molecule has 32 heavy (non-hydrogen) atoms. The summed E-state index contributed by atoms with van der Waals surface area (Å²) in [6.07, 6.45) is 3.96. The van der Waals surface area contributed by atoms with Crippen molar-refractivity contribution in [3.8, 4) is 0 Å². The van der Waals surface area contributed by atoms with Crippen LogP contribution in [0.3, 0.4) is 0 Å². The van der Waals surface area contributed by atoms with Gasteiger partial charge in [0, 0.05) is 25.7 Å². The van der Waals surface area contributed by atoms with Crippen LogP contribution in [0, 0.1) is 0 Å². The lowest BCUT2D eigenvalue weighted by molar-refractivity contribution is -0.116. The number of nitrogens with zero attached hydrogens (tertiary/aromatic N) is 6. The Bertz CT molecular complexity index is 1460. The van der Waals surface area contributed by atoms with Crippen LogP contribution >= 0.6 is 0 Å². The maximum Gasteiger partial charge on any atom is 0.332 e. The third kappa shape index (κ3) is 3.51. The molecule has 3 aromatic heterocycles. The Kier molecular flexibility index (Phi) is 4.72. The summed E-state index contributed by atoms with van der Waals surface area (Å²) in [5.74, 6) is 1.31. The largest absolute Gasteiger partial charge is 0.339 e. The summed E-state index contributed by atoms with van der Waals surface area (Å²) >= 11 is 0. The van der Waals surface area contributed by atoms with Crippen LogP contribution in [-0.2, 0) is 31.9 Å². The van der Waals surface area contributed by atoms with Gasteiger partial charge in [0.1, 0.15) is 6.54 Å². The van der Waals surface area contributed by atoms with E-state index in [1.54, 1.807) is 6.07 Å². The van der Waals surface area contributed by atoms with E-state index in [9.17, 15) is 14.4 Å². The quantitative estimate of drug-likeness (QED) is 0.477. The maximum atomic E-state index is 12.8. The predicted octanol–water partition coefficient (Wildman–Crippen LogP) is 0.924. The number of aryl methyl sites for hydroxylation is 1. The number of anilines is 1. The fraction of sp³-hybridized carbons (Fsp3) is 0.333. The first-order valence-corrected chi connectivity index (χ1v) is 10.2. The third-order valence-corrected chi connectivity index (χ3v) is 5.59. The summed E-state index contributed by atoms with van der Waals surface area (Å²) in [5, 5.41) is 6.91. The average molecular weight is 435 g/mol. The van der Waals surface area contributed by atoms with E-state index >= 15 is 0 Å². The van der Waals surface area contributed by atoms with Crippen LogP contribution in [-0.4, -0.2) is 34.7 Å². The molecule has 0 spiro atoms. The molecule has 1 saturated carbocycles. The van der Waals surface area contributed by atoms with E-state index in [-0.39, 0.29) is 23.6 Å². The summed E-state index contributed by atoms with van der Waals surface area (Å²) in [7, 11) is 2.92. The SMILES string of the molecule is Cn1c(=O)c2c(ncn2CC(=O)Nc2ccccc2Cc2nc(C3CC3)no2)n(C)c1=O. The van der Waals surface area contributed by atoms with Gasteiger partial charge in [0.2, 0.25) is 11.8 Å². The van der Waals surface area contributed by atoms with Crippen molar-refractivity contribution in [2.24, 2.45) is 14.1 Å². The van der Waals surface area contributed by atoms with E-state index < -0.39 is 11.2 Å². The van der Waals surface area contributed by atoms with Crippen LogP contribution in [0.25, 0.3) is 11.2 Å². The lowest BCUT2D eigenvalue weighted by Gasteiger charge is -2.11. The molecule has 11 heteroatoms. The fourth-order valence-electron chi connectivity index (χ4n) is 3.67. The van der Waals surface area contributed by atoms with E-state index in [1.807, 2.05) is 18.2 Å². The number of nitrogens with one attached hydrogen (secondary N) is 1. The number of hydrogen-bond donors (Lipinski definition) is 1. The summed E-state index contributed by atoms with van der Waals surface area (Å²) in [6, 6.07) is 7.37. The Labute approximate surface area is 181 Å². The molecule has 0 atom stereocenters. The monoisotopic (exact) mass is 435 g/mol. The van der Waals surface area contributed by atoms with Crippen molar-refractivity contribution in [2.75, 3.05) is 5.32 Å². The molecule has 1 N–H and O–H groups in total. The second kappa shape index (κ2) is 7.59. The number of amides is 1. The lowest BCUT2D eigenvalue weighted by Crippen LogP contribution is -2.37. The molecule has 0 bridgehead atoms. The van der Waals surface area contributed by atoms with E-state index in [1.165, 1.54) is 29.6 Å². The molecule has 1 aliphatic carbocycles. The Morgan fingerprint density at radius 1 is 1.19 bits per heavy atom. The van der Waals surface area contributed by atoms with Gasteiger partial charge >= 0.3 is 5.69 Å². The van der Waals surface area contributed by atoms with Gasteiger partial charge in [-0.3, -0.25) is 18.7 Å². The minimum Gasteiger partial charge on any atom is -0.339 e. The predicted molar refractivity (Wildman–Crippen MR) is 114 cm³/mol. The minimum absolute atomic E-state index is 0.134. The number of para-hydroxylation sites is 1. The second-order valence-corrected chi connectivity index (χ2v) is 7.95. The molecule has 0 saturated heterocycles. The van der Waals surface area contributed by atoms with Gasteiger partial charge in [0.15, 0.2) is 17.0 Å². The number of aromatic nitrogens is 6. The topological polar surface area (TPSA) is 130 Å². The van der Waals surface area contributed by atoms with Gasteiger partial charge in [-0.25, -0.2) is 9.78 Å². The van der Waals surface area contributed by atoms with Crippen molar-refractivity contribution in [3.05, 3.63) is 68.7 Å². The zero-order valence-electron chi connectivity index (χ0n) is 17.6. The molecule has 4 aromatic rings. The normalized spacial score (nSPS) is 13.6. The highest BCUT2D eigenvalue weighted by molar-refractivity contribution is 5.92. The third-order valence-electron chi connectivity index (χ3n) is 5.59. The number of benzene rings is 1. The van der Waals surface area contributed by atoms with Gasteiger partial charge < -0.3 is 14.4 Å². The van der Waals surface area contributed by atoms with Crippen molar-refractivity contribution in [2.45, 2.75) is 31.7 Å². The summed E-state index contributed by atoms with van der Waals surface area (Å²) in [5.41, 5.74) is 0.897. The number of hydrogen-bond acceptors (Lipinski definition) is 7. The van der Waals surface area contributed by atoms with E-state index in [0.29, 0.717) is 23.9 Å². The number of rotatable bonds is 6. The maximum absolute atomic E-state index is 12.8. The molecule has 1 amide bonds. The molecule has 0 radical (unpaired) electrons. The molecular weight excluding hydrogens is 414 g/mol. The van der Waals surface area contributed by atoms with E-state index in [4.69, 9.17) is 4.52 Å². The molecular formula is C21H21N7O4. The molecule has 5 rings (SSSR count). The smallest absolute Gasteiger partial charge is 0.332 e. The van der Waals surface area contributed by atoms with Crippen molar-refractivity contribution in [3.63, 3.8) is 0 Å². The van der Waals surface area contributed by atoms with Gasteiger partial charge in [-0.2, -0.15) is 4.98 Å². The standard InChI is InChI=1S/C21H21N7O4/c1-26-19-17(20(30)27(2)21(26)31)28(11-22-19)10-15(29)23-14-6-4-3-5-13(14)9-16-24-18(25-32-16)12-7-8-12/h3-6,11-12H,7-10H2,1-2H3,(H,23,29). The molecule has 11 nitrogen and oxygen atoms in total. The Balaban J connectivity index is 1.37. The molecule has 1 aromatic carbocycles. The van der Waals surface area contributed by atoms with Gasteiger partial charge in [0.05, 0.1) is 12.7 Å². The van der Waals surface area contributed by atoms with Gasteiger partial charge in [0.25, 0.3) is 5.56 Å². The van der Waals surface area contributed by atoms with E-state index in [2.05, 4.69) is 20.4 Å². The minimum atomic E-state index is -0.503. The van der Waals surface area contributed by atoms with E-state index in [0.717, 1.165) is 28.8 Å². The Morgan fingerprint density at radius 2 is 1.97 bits per heavy atom. The van der Waals surface area contributed by atoms with Crippen molar-refractivity contribution in [1.29, 1.82) is 0 Å². The van der Waals surface area contributed by atoms with Crippen molar-refractivity contribution < 1.29 is 9.32 Å². The second-order valence-electron chi connectivity index (χ2n) is 7.95. The van der Waals surface area contributed by atoms with Gasteiger partial charge in [-0.05, 0) is 24.5 Å². The zero-order chi connectivity index (χ0) is 22.4. The number of carbonyl (C=O) groups excluding carboxylic acids is 1. The highest BCUT2D eigenvalue weighted by atomic mass is 16.5. The first-order valence-electron chi connectivity index (χ1n) is 10.2. The average Bonchev–Trinajstić information content (AvgIpc) is 3.39. The first-order chi connectivity index (χ1) is 15.4. The van der Waals surface area contributed by atoms with Crippen molar-refractivity contribution >= 4 is 22.8 Å². The molecule has 0 aliphatic heterocycles. The highest BCUT2D eigenvalue weighted by Crippen LogP contribution is 2.38. The molecule has 3 heterocycles. The van der Waals surface area contributed by atoms with Crippen LogP contribution in [0.5, 0.6) is 0 Å². The zero-order valence-corrected chi connectivity index (χ0v) is 17.6. The molecule has 1 aliphatic rings. The Hall–Kier alpha value is -4.02. The Morgan fingerprint density at radius 3 is 2.75 bits per heavy atom. The summed E-state index contributed by atoms with van der Waals surface area (Å²) < 4.78 is 9.07. The summed E-state index contributed by atoms with van der Waals surface area (Å²) in [6.45, 7) is -0.134. The fourth-order valence-corrected chi connectivity index (χ4v) is 3.67. The molecule has 0 unspecified atom stereocenters. The van der Waals surface area contributed by atoms with Crippen LogP contribution in [0.4, 0.5) is 5.69 Å². The van der Waals surface area contributed by atoms with Crippen LogP contribution in [0.1, 0.15) is 36.0 Å². The first kappa shape index (κ1) is 19.9. The highest BCUT2D eigenvalue weighted by Gasteiger charge is 2.28. The lowest BCUT2D eigenvalue weighted by atomic mass is 10.1.